The maximum Gasteiger partial charge on any atom is 0.271 e. The van der Waals surface area contributed by atoms with Crippen LogP contribution in [0.25, 0.3) is 0 Å². The first-order valence-electron chi connectivity index (χ1n) is 9.77. The number of nitro groups is 1. The van der Waals surface area contributed by atoms with Crippen molar-refractivity contribution in [2.24, 2.45) is 0 Å². The molecule has 0 N–H and O–H groups in total. The van der Waals surface area contributed by atoms with E-state index in [1.807, 2.05) is 19.1 Å². The number of sulfone groups is 1. The zero-order chi connectivity index (χ0) is 22.8. The molecule has 10 heteroatoms. The Hall–Kier alpha value is -3.27. The van der Waals surface area contributed by atoms with E-state index < -0.39 is 26.4 Å². The Bertz CT molecular complexity index is 1120. The molecule has 164 valence electrons. The summed E-state index contributed by atoms with van der Waals surface area (Å²) >= 11 is 0. The number of rotatable bonds is 5. The van der Waals surface area contributed by atoms with E-state index in [2.05, 4.69) is 0 Å². The molecule has 2 aromatic rings. The van der Waals surface area contributed by atoms with Gasteiger partial charge in [-0.15, -0.1) is 0 Å². The van der Waals surface area contributed by atoms with Gasteiger partial charge in [0.15, 0.2) is 9.84 Å². The highest BCUT2D eigenvalue weighted by molar-refractivity contribution is 7.90. The lowest BCUT2D eigenvalue weighted by Crippen LogP contribution is -2.50. The van der Waals surface area contributed by atoms with Gasteiger partial charge in [0.1, 0.15) is 0 Å². The van der Waals surface area contributed by atoms with Crippen molar-refractivity contribution in [2.45, 2.75) is 18.2 Å². The molecule has 1 saturated heterocycles. The highest BCUT2D eigenvalue weighted by atomic mass is 32.2. The van der Waals surface area contributed by atoms with Gasteiger partial charge >= 0.3 is 0 Å². The Morgan fingerprint density at radius 1 is 0.935 bits per heavy atom. The van der Waals surface area contributed by atoms with Gasteiger partial charge in [-0.3, -0.25) is 19.7 Å². The highest BCUT2D eigenvalue weighted by Crippen LogP contribution is 2.22. The van der Waals surface area contributed by atoms with Crippen molar-refractivity contribution in [2.75, 3.05) is 32.4 Å². The molecule has 1 aliphatic rings. The minimum atomic E-state index is -3.73. The maximum absolute atomic E-state index is 12.9. The van der Waals surface area contributed by atoms with Crippen molar-refractivity contribution in [3.8, 4) is 0 Å². The molecule has 1 fully saturated rings. The van der Waals surface area contributed by atoms with Gasteiger partial charge in [0.05, 0.1) is 9.82 Å². The van der Waals surface area contributed by atoms with Crippen molar-refractivity contribution in [3.05, 3.63) is 69.3 Å². The average Bonchev–Trinajstić information content (AvgIpc) is 2.77. The van der Waals surface area contributed by atoms with Gasteiger partial charge in [0, 0.05) is 55.7 Å². The fraction of sp³-hybridized carbons (Fsp3) is 0.333. The summed E-state index contributed by atoms with van der Waals surface area (Å²) < 4.78 is 23.7. The number of piperazine rings is 1. The first-order valence-corrected chi connectivity index (χ1v) is 11.7. The fourth-order valence-corrected chi connectivity index (χ4v) is 4.06. The van der Waals surface area contributed by atoms with Crippen LogP contribution in [0.2, 0.25) is 0 Å². The number of nitro benzene ring substituents is 1. The summed E-state index contributed by atoms with van der Waals surface area (Å²) in [4.78, 5) is 38.8. The smallest absolute Gasteiger partial charge is 0.271 e. The standard InChI is InChI=1S/C21H23N3O6S/c1-3-15-4-6-16(7-5-15)20(25)22-8-10-23(11-9-22)21(26)17-12-18(24(27)28)14-19(13-17)31(2,29)30/h4-7,12-14H,3,8-11H2,1-2H3. The number of hydrogen-bond acceptors (Lipinski definition) is 6. The molecule has 0 saturated carbocycles. The topological polar surface area (TPSA) is 118 Å². The Morgan fingerprint density at radius 2 is 1.45 bits per heavy atom. The van der Waals surface area contributed by atoms with Crippen molar-refractivity contribution in [1.29, 1.82) is 0 Å². The zero-order valence-corrected chi connectivity index (χ0v) is 18.1. The number of non-ortho nitro benzene ring substituents is 1. The lowest BCUT2D eigenvalue weighted by atomic mass is 10.1. The number of aryl methyl sites for hydroxylation is 1. The molecule has 0 bridgehead atoms. The number of amides is 2. The molecular weight excluding hydrogens is 422 g/mol. The van der Waals surface area contributed by atoms with E-state index in [4.69, 9.17) is 0 Å². The molecule has 1 aliphatic heterocycles. The number of benzene rings is 2. The van der Waals surface area contributed by atoms with Gasteiger partial charge in [-0.2, -0.15) is 0 Å². The molecule has 2 amide bonds. The van der Waals surface area contributed by atoms with E-state index in [9.17, 15) is 28.1 Å². The van der Waals surface area contributed by atoms with Gasteiger partial charge in [-0.05, 0) is 30.2 Å². The molecule has 3 rings (SSSR count). The van der Waals surface area contributed by atoms with E-state index in [1.165, 1.54) is 4.90 Å². The van der Waals surface area contributed by atoms with E-state index in [1.54, 1.807) is 17.0 Å². The minimum absolute atomic E-state index is 0.0652. The zero-order valence-electron chi connectivity index (χ0n) is 17.3. The van der Waals surface area contributed by atoms with E-state index >= 15 is 0 Å². The lowest BCUT2D eigenvalue weighted by Gasteiger charge is -2.35. The van der Waals surface area contributed by atoms with E-state index in [-0.39, 0.29) is 29.5 Å². The van der Waals surface area contributed by atoms with Crippen LogP contribution in [0.5, 0.6) is 0 Å². The Kier molecular flexibility index (Phi) is 6.40. The van der Waals surface area contributed by atoms with Crippen molar-refractivity contribution < 1.29 is 22.9 Å². The Morgan fingerprint density at radius 3 is 1.90 bits per heavy atom. The van der Waals surface area contributed by atoms with Crippen LogP contribution in [0.15, 0.2) is 47.4 Å². The second-order valence-corrected chi connectivity index (χ2v) is 9.40. The lowest BCUT2D eigenvalue weighted by molar-refractivity contribution is -0.385. The molecule has 9 nitrogen and oxygen atoms in total. The first kappa shape index (κ1) is 22.4. The fourth-order valence-electron chi connectivity index (χ4n) is 3.39. The summed E-state index contributed by atoms with van der Waals surface area (Å²) in [6, 6.07) is 10.6. The van der Waals surface area contributed by atoms with E-state index in [0.29, 0.717) is 18.7 Å². The number of carbonyl (C=O) groups is 2. The van der Waals surface area contributed by atoms with Gasteiger partial charge in [0.25, 0.3) is 17.5 Å². The first-order chi connectivity index (χ1) is 14.6. The third kappa shape index (κ3) is 5.08. The number of nitrogens with zero attached hydrogens (tertiary/aromatic N) is 3. The van der Waals surface area contributed by atoms with Crippen molar-refractivity contribution in [3.63, 3.8) is 0 Å². The van der Waals surface area contributed by atoms with Crippen LogP contribution in [0, 0.1) is 10.1 Å². The van der Waals surface area contributed by atoms with Gasteiger partial charge in [-0.25, -0.2) is 8.42 Å². The largest absolute Gasteiger partial charge is 0.335 e. The molecule has 31 heavy (non-hydrogen) atoms. The quantitative estimate of drug-likeness (QED) is 0.514. The summed E-state index contributed by atoms with van der Waals surface area (Å²) in [5, 5.41) is 11.2. The summed E-state index contributed by atoms with van der Waals surface area (Å²) in [6.45, 7) is 3.15. The molecule has 0 aliphatic carbocycles. The summed E-state index contributed by atoms with van der Waals surface area (Å²) in [5.74, 6) is -0.627. The van der Waals surface area contributed by atoms with E-state index in [0.717, 1.165) is 36.4 Å². The number of carbonyl (C=O) groups excluding carboxylic acids is 2. The minimum Gasteiger partial charge on any atom is -0.335 e. The average molecular weight is 445 g/mol. The predicted molar refractivity (Wildman–Crippen MR) is 114 cm³/mol. The van der Waals surface area contributed by atoms with Crippen LogP contribution in [0.3, 0.4) is 0 Å². The maximum atomic E-state index is 12.9. The normalized spacial score (nSPS) is 14.4. The van der Waals surface area contributed by atoms with Crippen LogP contribution in [0.4, 0.5) is 5.69 Å². The van der Waals surface area contributed by atoms with Crippen LogP contribution in [-0.4, -0.2) is 67.4 Å². The van der Waals surface area contributed by atoms with Crippen LogP contribution >= 0.6 is 0 Å². The Balaban J connectivity index is 1.73. The summed E-state index contributed by atoms with van der Waals surface area (Å²) in [6.07, 6.45) is 1.81. The monoisotopic (exact) mass is 445 g/mol. The molecule has 0 radical (unpaired) electrons. The van der Waals surface area contributed by atoms with Gasteiger partial charge < -0.3 is 9.80 Å². The second kappa shape index (κ2) is 8.84. The summed E-state index contributed by atoms with van der Waals surface area (Å²) in [5.41, 5.74) is 1.19. The van der Waals surface area contributed by atoms with Crippen LogP contribution in [0.1, 0.15) is 33.2 Å². The molecule has 2 aromatic carbocycles. The molecule has 0 aromatic heterocycles. The van der Waals surface area contributed by atoms with Crippen LogP contribution < -0.4 is 0 Å². The molecule has 0 spiro atoms. The molecular formula is C21H23N3O6S. The molecule has 0 atom stereocenters. The predicted octanol–water partition coefficient (Wildman–Crippen LogP) is 2.16. The Labute approximate surface area is 180 Å². The van der Waals surface area contributed by atoms with Crippen molar-refractivity contribution >= 4 is 27.3 Å². The molecule has 0 unspecified atom stereocenters. The van der Waals surface area contributed by atoms with Gasteiger partial charge in [-0.1, -0.05) is 19.1 Å². The third-order valence-electron chi connectivity index (χ3n) is 5.24. The van der Waals surface area contributed by atoms with Crippen molar-refractivity contribution in [1.82, 2.24) is 9.80 Å². The highest BCUT2D eigenvalue weighted by Gasteiger charge is 2.27. The summed E-state index contributed by atoms with van der Waals surface area (Å²) in [7, 11) is -3.73. The van der Waals surface area contributed by atoms with Gasteiger partial charge in [0.2, 0.25) is 0 Å². The van der Waals surface area contributed by atoms with Crippen LogP contribution in [-0.2, 0) is 16.3 Å². The SMILES string of the molecule is CCc1ccc(C(=O)N2CCN(C(=O)c3cc([N+](=O)[O-])cc(S(C)(=O)=O)c3)CC2)cc1. The second-order valence-electron chi connectivity index (χ2n) is 7.38. The number of hydrogen-bond donors (Lipinski definition) is 0. The molecule has 1 heterocycles. The third-order valence-corrected chi connectivity index (χ3v) is 6.33.